The fourth-order valence-electron chi connectivity index (χ4n) is 1.61. The van der Waals surface area contributed by atoms with E-state index in [1.807, 2.05) is 0 Å². The summed E-state index contributed by atoms with van der Waals surface area (Å²) in [5, 5.41) is 5.72. The van der Waals surface area contributed by atoms with E-state index in [9.17, 15) is 9.18 Å². The van der Waals surface area contributed by atoms with Gasteiger partial charge in [0.1, 0.15) is 11.6 Å². The Morgan fingerprint density at radius 2 is 2.16 bits per heavy atom. The highest BCUT2D eigenvalue weighted by atomic mass is 19.1. The molecule has 100 valence electrons. The van der Waals surface area contributed by atoms with E-state index in [0.717, 1.165) is 0 Å². The van der Waals surface area contributed by atoms with Crippen LogP contribution in [0.3, 0.4) is 0 Å². The minimum atomic E-state index is -0.299. The molecule has 2 rings (SSSR count). The van der Waals surface area contributed by atoms with Crippen molar-refractivity contribution in [2.24, 2.45) is 0 Å². The average Bonchev–Trinajstić information content (AvgIpc) is 2.89. The van der Waals surface area contributed by atoms with E-state index in [0.29, 0.717) is 31.0 Å². The Morgan fingerprint density at radius 1 is 1.26 bits per heavy atom. The lowest BCUT2D eigenvalue weighted by molar-refractivity contribution is -0.121. The Labute approximate surface area is 110 Å². The zero-order chi connectivity index (χ0) is 13.5. The SMILES string of the molecule is O=C(CCNc1cccc(F)c1)NCc1ccco1. The second-order valence-electron chi connectivity index (χ2n) is 4.04. The van der Waals surface area contributed by atoms with Gasteiger partial charge in [-0.05, 0) is 30.3 Å². The van der Waals surface area contributed by atoms with E-state index in [-0.39, 0.29) is 11.7 Å². The number of nitrogens with one attached hydrogen (secondary N) is 2. The maximum atomic E-state index is 12.9. The first-order chi connectivity index (χ1) is 9.24. The Balaban J connectivity index is 1.66. The van der Waals surface area contributed by atoms with Crippen molar-refractivity contribution in [3.63, 3.8) is 0 Å². The number of hydrogen-bond donors (Lipinski definition) is 2. The van der Waals surface area contributed by atoms with Gasteiger partial charge in [0.15, 0.2) is 0 Å². The minimum absolute atomic E-state index is 0.0831. The summed E-state index contributed by atoms with van der Waals surface area (Å²) in [6, 6.07) is 9.71. The van der Waals surface area contributed by atoms with Gasteiger partial charge in [-0.3, -0.25) is 4.79 Å². The van der Waals surface area contributed by atoms with E-state index in [1.54, 1.807) is 30.5 Å². The van der Waals surface area contributed by atoms with E-state index in [1.165, 1.54) is 12.1 Å². The molecule has 1 aromatic heterocycles. The second kappa shape index (κ2) is 6.58. The number of hydrogen-bond acceptors (Lipinski definition) is 3. The van der Waals surface area contributed by atoms with Crippen LogP contribution in [0.1, 0.15) is 12.2 Å². The molecule has 0 atom stereocenters. The normalized spacial score (nSPS) is 10.2. The quantitative estimate of drug-likeness (QED) is 0.841. The average molecular weight is 262 g/mol. The zero-order valence-electron chi connectivity index (χ0n) is 10.4. The van der Waals surface area contributed by atoms with Gasteiger partial charge in [0.25, 0.3) is 0 Å². The van der Waals surface area contributed by atoms with E-state index in [4.69, 9.17) is 4.42 Å². The number of amides is 1. The third-order valence-electron chi connectivity index (χ3n) is 2.55. The van der Waals surface area contributed by atoms with Crippen LogP contribution in [0, 0.1) is 5.82 Å². The molecule has 19 heavy (non-hydrogen) atoms. The number of halogens is 1. The Morgan fingerprint density at radius 3 is 2.89 bits per heavy atom. The number of anilines is 1. The van der Waals surface area contributed by atoms with Gasteiger partial charge in [-0.2, -0.15) is 0 Å². The highest BCUT2D eigenvalue weighted by molar-refractivity contribution is 5.76. The molecule has 0 unspecified atom stereocenters. The molecule has 0 saturated heterocycles. The van der Waals surface area contributed by atoms with Crippen LogP contribution < -0.4 is 10.6 Å². The van der Waals surface area contributed by atoms with Crippen molar-refractivity contribution in [1.29, 1.82) is 0 Å². The predicted octanol–water partition coefficient (Wildman–Crippen LogP) is 2.54. The van der Waals surface area contributed by atoms with Crippen molar-refractivity contribution >= 4 is 11.6 Å². The number of rotatable bonds is 6. The fraction of sp³-hybridized carbons (Fsp3) is 0.214. The molecule has 1 amide bonds. The number of carbonyl (C=O) groups is 1. The van der Waals surface area contributed by atoms with Crippen LogP contribution in [-0.2, 0) is 11.3 Å². The van der Waals surface area contributed by atoms with Gasteiger partial charge >= 0.3 is 0 Å². The summed E-state index contributed by atoms with van der Waals surface area (Å²) in [7, 11) is 0. The molecule has 0 aliphatic heterocycles. The molecule has 0 spiro atoms. The van der Waals surface area contributed by atoms with Gasteiger partial charge in [0.05, 0.1) is 12.8 Å². The Bertz CT molecular complexity index is 526. The van der Waals surface area contributed by atoms with Crippen molar-refractivity contribution in [3.05, 3.63) is 54.2 Å². The van der Waals surface area contributed by atoms with Crippen molar-refractivity contribution in [2.45, 2.75) is 13.0 Å². The standard InChI is InChI=1S/C14H15FN2O2/c15-11-3-1-4-12(9-11)16-7-6-14(18)17-10-13-5-2-8-19-13/h1-5,8-9,16H,6-7,10H2,(H,17,18). The summed E-state index contributed by atoms with van der Waals surface area (Å²) >= 11 is 0. The second-order valence-corrected chi connectivity index (χ2v) is 4.04. The van der Waals surface area contributed by atoms with Crippen LogP contribution in [0.25, 0.3) is 0 Å². The molecule has 0 fully saturated rings. The number of benzene rings is 1. The van der Waals surface area contributed by atoms with E-state index < -0.39 is 0 Å². The molecule has 0 aliphatic rings. The van der Waals surface area contributed by atoms with Crippen LogP contribution in [0.2, 0.25) is 0 Å². The molecular weight excluding hydrogens is 247 g/mol. The first kappa shape index (κ1) is 13.1. The molecule has 2 aromatic rings. The lowest BCUT2D eigenvalue weighted by atomic mass is 10.3. The molecule has 5 heteroatoms. The first-order valence-corrected chi connectivity index (χ1v) is 6.02. The number of carbonyl (C=O) groups excluding carboxylic acids is 1. The summed E-state index contributed by atoms with van der Waals surface area (Å²) in [4.78, 5) is 11.5. The van der Waals surface area contributed by atoms with Crippen LogP contribution >= 0.6 is 0 Å². The molecule has 0 radical (unpaired) electrons. The first-order valence-electron chi connectivity index (χ1n) is 6.02. The molecule has 4 nitrogen and oxygen atoms in total. The van der Waals surface area contributed by atoms with Crippen molar-refractivity contribution in [3.8, 4) is 0 Å². The largest absolute Gasteiger partial charge is 0.467 e. The van der Waals surface area contributed by atoms with Crippen molar-refractivity contribution < 1.29 is 13.6 Å². The smallest absolute Gasteiger partial charge is 0.222 e. The predicted molar refractivity (Wildman–Crippen MR) is 70.1 cm³/mol. The summed E-state index contributed by atoms with van der Waals surface area (Å²) in [5.74, 6) is 0.332. The maximum absolute atomic E-state index is 12.9. The highest BCUT2D eigenvalue weighted by Gasteiger charge is 2.02. The molecule has 0 saturated carbocycles. The van der Waals surface area contributed by atoms with Gasteiger partial charge < -0.3 is 15.1 Å². The zero-order valence-corrected chi connectivity index (χ0v) is 10.4. The lowest BCUT2D eigenvalue weighted by Crippen LogP contribution is -2.24. The summed E-state index contributed by atoms with van der Waals surface area (Å²) in [6.45, 7) is 0.833. The van der Waals surface area contributed by atoms with Gasteiger partial charge in [0, 0.05) is 18.7 Å². The lowest BCUT2D eigenvalue weighted by Gasteiger charge is -2.06. The third kappa shape index (κ3) is 4.46. The van der Waals surface area contributed by atoms with E-state index in [2.05, 4.69) is 10.6 Å². The molecular formula is C14H15FN2O2. The van der Waals surface area contributed by atoms with Gasteiger partial charge in [0.2, 0.25) is 5.91 Å². The van der Waals surface area contributed by atoms with Crippen LogP contribution in [0.5, 0.6) is 0 Å². The van der Waals surface area contributed by atoms with Crippen LogP contribution in [-0.4, -0.2) is 12.5 Å². The Kier molecular flexibility index (Phi) is 4.55. The van der Waals surface area contributed by atoms with Crippen LogP contribution in [0.15, 0.2) is 47.1 Å². The summed E-state index contributed by atoms with van der Waals surface area (Å²) in [6.07, 6.45) is 1.88. The van der Waals surface area contributed by atoms with Crippen molar-refractivity contribution in [2.75, 3.05) is 11.9 Å². The third-order valence-corrected chi connectivity index (χ3v) is 2.55. The minimum Gasteiger partial charge on any atom is -0.467 e. The maximum Gasteiger partial charge on any atom is 0.222 e. The number of furan rings is 1. The molecule has 0 bridgehead atoms. The van der Waals surface area contributed by atoms with Crippen LogP contribution in [0.4, 0.5) is 10.1 Å². The molecule has 0 aliphatic carbocycles. The van der Waals surface area contributed by atoms with E-state index >= 15 is 0 Å². The fourth-order valence-corrected chi connectivity index (χ4v) is 1.61. The molecule has 2 N–H and O–H groups in total. The summed E-state index contributed by atoms with van der Waals surface area (Å²) in [5.41, 5.74) is 0.666. The molecule has 1 heterocycles. The van der Waals surface area contributed by atoms with Gasteiger partial charge in [-0.15, -0.1) is 0 Å². The topological polar surface area (TPSA) is 54.3 Å². The van der Waals surface area contributed by atoms with Gasteiger partial charge in [-0.25, -0.2) is 4.39 Å². The highest BCUT2D eigenvalue weighted by Crippen LogP contribution is 2.08. The van der Waals surface area contributed by atoms with Gasteiger partial charge in [-0.1, -0.05) is 6.07 Å². The monoisotopic (exact) mass is 262 g/mol. The summed E-state index contributed by atoms with van der Waals surface area (Å²) < 4.78 is 18.0. The Hall–Kier alpha value is -2.30. The molecule has 1 aromatic carbocycles. The van der Waals surface area contributed by atoms with Crippen molar-refractivity contribution in [1.82, 2.24) is 5.32 Å².